The topological polar surface area (TPSA) is 55.4 Å². The van der Waals surface area contributed by atoms with Crippen LogP contribution in [0.1, 0.15) is 32.1 Å². The van der Waals surface area contributed by atoms with Crippen molar-refractivity contribution in [3.63, 3.8) is 0 Å². The molecule has 1 unspecified atom stereocenters. The average Bonchev–Trinajstić information content (AvgIpc) is 3.00. The fraction of sp³-hybridized carbons (Fsp3) is 0.467. The summed E-state index contributed by atoms with van der Waals surface area (Å²) < 4.78 is 5.48. The molecule has 2 aliphatic rings. The van der Waals surface area contributed by atoms with Gasteiger partial charge in [0.1, 0.15) is 5.60 Å². The summed E-state index contributed by atoms with van der Waals surface area (Å²) in [5.74, 6) is -0.781. The third-order valence-electron chi connectivity index (χ3n) is 4.20. The normalized spacial score (nSPS) is 23.9. The molecule has 1 aromatic rings. The highest BCUT2D eigenvalue weighted by Gasteiger charge is 2.53. The predicted octanol–water partition coefficient (Wildman–Crippen LogP) is 3.15. The number of hydrogen-bond donors (Lipinski definition) is 1. The van der Waals surface area contributed by atoms with E-state index < -0.39 is 5.60 Å². The summed E-state index contributed by atoms with van der Waals surface area (Å²) in [7, 11) is 0. The van der Waals surface area contributed by atoms with E-state index in [-0.39, 0.29) is 24.2 Å². The van der Waals surface area contributed by atoms with E-state index in [2.05, 4.69) is 5.32 Å². The first kappa shape index (κ1) is 13.4. The first-order valence-corrected chi connectivity index (χ1v) is 7.25. The zero-order chi connectivity index (χ0) is 14.2. The Morgan fingerprint density at radius 2 is 1.90 bits per heavy atom. The van der Waals surface area contributed by atoms with E-state index in [0.29, 0.717) is 10.7 Å². The Labute approximate surface area is 122 Å². The molecule has 4 nitrogen and oxygen atoms in total. The van der Waals surface area contributed by atoms with E-state index in [0.717, 1.165) is 25.7 Å². The molecular formula is C15H16ClNO3. The van der Waals surface area contributed by atoms with Crippen LogP contribution in [0.15, 0.2) is 24.3 Å². The van der Waals surface area contributed by atoms with Gasteiger partial charge in [0, 0.05) is 10.7 Å². The van der Waals surface area contributed by atoms with Crippen LogP contribution in [0, 0.1) is 5.92 Å². The molecule has 1 saturated heterocycles. The van der Waals surface area contributed by atoms with Crippen LogP contribution in [-0.4, -0.2) is 17.5 Å². The second-order valence-electron chi connectivity index (χ2n) is 5.50. The molecule has 0 aromatic heterocycles. The van der Waals surface area contributed by atoms with Crippen LogP contribution < -0.4 is 5.32 Å². The third-order valence-corrected chi connectivity index (χ3v) is 4.45. The minimum absolute atomic E-state index is 0.139. The van der Waals surface area contributed by atoms with Crippen LogP contribution >= 0.6 is 11.6 Å². The molecule has 0 bridgehead atoms. The van der Waals surface area contributed by atoms with E-state index >= 15 is 0 Å². The molecule has 0 radical (unpaired) electrons. The summed E-state index contributed by atoms with van der Waals surface area (Å²) in [6, 6.07) is 6.94. The maximum atomic E-state index is 12.4. The van der Waals surface area contributed by atoms with Crippen molar-refractivity contribution in [3.8, 4) is 0 Å². The van der Waals surface area contributed by atoms with Crippen LogP contribution in [-0.2, 0) is 14.3 Å². The quantitative estimate of drug-likeness (QED) is 0.852. The lowest BCUT2D eigenvalue weighted by atomic mass is 9.85. The molecular weight excluding hydrogens is 278 g/mol. The summed E-state index contributed by atoms with van der Waals surface area (Å²) in [6.07, 6.45) is 3.78. The second kappa shape index (κ2) is 5.09. The van der Waals surface area contributed by atoms with Gasteiger partial charge in [0.25, 0.3) is 0 Å². The van der Waals surface area contributed by atoms with Crippen molar-refractivity contribution in [1.29, 1.82) is 0 Å². The minimum atomic E-state index is -0.562. The molecule has 1 heterocycles. The zero-order valence-corrected chi connectivity index (χ0v) is 11.8. The van der Waals surface area contributed by atoms with Gasteiger partial charge in [-0.2, -0.15) is 0 Å². The zero-order valence-electron chi connectivity index (χ0n) is 11.0. The molecule has 1 aliphatic heterocycles. The van der Waals surface area contributed by atoms with Crippen molar-refractivity contribution in [3.05, 3.63) is 29.3 Å². The Bertz CT molecular complexity index is 535. The molecule has 20 heavy (non-hydrogen) atoms. The van der Waals surface area contributed by atoms with Crippen molar-refractivity contribution < 1.29 is 14.3 Å². The Morgan fingerprint density at radius 1 is 1.25 bits per heavy atom. The number of carbonyl (C=O) groups excluding carboxylic acids is 2. The standard InChI is InChI=1S/C15H16ClNO3/c16-10-3-5-11(6-4-10)17-14(19)12-9-13(18)20-15(12)7-1-2-8-15/h3-6,12H,1-2,7-9H2,(H,17,19). The average molecular weight is 294 g/mol. The third kappa shape index (κ3) is 2.40. The molecule has 1 N–H and O–H groups in total. The molecule has 5 heteroatoms. The van der Waals surface area contributed by atoms with Crippen LogP contribution in [0.3, 0.4) is 0 Å². The summed E-state index contributed by atoms with van der Waals surface area (Å²) in [4.78, 5) is 24.0. The number of hydrogen-bond acceptors (Lipinski definition) is 3. The van der Waals surface area contributed by atoms with Gasteiger partial charge >= 0.3 is 5.97 Å². The van der Waals surface area contributed by atoms with Crippen molar-refractivity contribution >= 4 is 29.2 Å². The molecule has 1 aromatic carbocycles. The van der Waals surface area contributed by atoms with E-state index in [9.17, 15) is 9.59 Å². The van der Waals surface area contributed by atoms with E-state index in [1.54, 1.807) is 24.3 Å². The lowest BCUT2D eigenvalue weighted by molar-refractivity contribution is -0.149. The minimum Gasteiger partial charge on any atom is -0.458 e. The molecule has 1 spiro atoms. The Kier molecular flexibility index (Phi) is 3.42. The summed E-state index contributed by atoms with van der Waals surface area (Å²) >= 11 is 5.82. The number of nitrogens with one attached hydrogen (secondary N) is 1. The second-order valence-corrected chi connectivity index (χ2v) is 5.94. The van der Waals surface area contributed by atoms with E-state index in [1.807, 2.05) is 0 Å². The van der Waals surface area contributed by atoms with Crippen molar-refractivity contribution in [2.45, 2.75) is 37.7 Å². The van der Waals surface area contributed by atoms with Gasteiger partial charge in [-0.05, 0) is 49.9 Å². The number of benzene rings is 1. The molecule has 2 fully saturated rings. The van der Waals surface area contributed by atoms with Gasteiger partial charge < -0.3 is 10.1 Å². The van der Waals surface area contributed by atoms with Crippen molar-refractivity contribution in [2.75, 3.05) is 5.32 Å². The first-order valence-electron chi connectivity index (χ1n) is 6.87. The first-order chi connectivity index (χ1) is 9.59. The largest absolute Gasteiger partial charge is 0.458 e. The van der Waals surface area contributed by atoms with Crippen LogP contribution in [0.5, 0.6) is 0 Å². The van der Waals surface area contributed by atoms with E-state index in [4.69, 9.17) is 16.3 Å². The highest BCUT2D eigenvalue weighted by molar-refractivity contribution is 6.30. The monoisotopic (exact) mass is 293 g/mol. The fourth-order valence-corrected chi connectivity index (χ4v) is 3.34. The number of ether oxygens (including phenoxy) is 1. The Balaban J connectivity index is 1.76. The number of amides is 1. The highest BCUT2D eigenvalue weighted by Crippen LogP contribution is 2.45. The van der Waals surface area contributed by atoms with E-state index in [1.165, 1.54) is 0 Å². The summed E-state index contributed by atoms with van der Waals surface area (Å²) in [5, 5.41) is 3.47. The van der Waals surface area contributed by atoms with Crippen molar-refractivity contribution in [1.82, 2.24) is 0 Å². The molecule has 1 amide bonds. The molecule has 1 saturated carbocycles. The molecule has 3 rings (SSSR count). The SMILES string of the molecule is O=C1CC(C(=O)Nc2ccc(Cl)cc2)C2(CCCC2)O1. The lowest BCUT2D eigenvalue weighted by Gasteiger charge is -2.27. The van der Waals surface area contributed by atoms with Gasteiger partial charge in [-0.3, -0.25) is 9.59 Å². The number of esters is 1. The van der Waals surface area contributed by atoms with Gasteiger partial charge in [-0.1, -0.05) is 11.6 Å². The van der Waals surface area contributed by atoms with Crippen LogP contribution in [0.25, 0.3) is 0 Å². The van der Waals surface area contributed by atoms with Gasteiger partial charge in [-0.15, -0.1) is 0 Å². The fourth-order valence-electron chi connectivity index (χ4n) is 3.21. The number of anilines is 1. The van der Waals surface area contributed by atoms with Gasteiger partial charge in [0.2, 0.25) is 5.91 Å². The highest BCUT2D eigenvalue weighted by atomic mass is 35.5. The summed E-state index contributed by atoms with van der Waals surface area (Å²) in [6.45, 7) is 0. The Hall–Kier alpha value is -1.55. The van der Waals surface area contributed by atoms with Gasteiger partial charge in [0.15, 0.2) is 0 Å². The maximum absolute atomic E-state index is 12.4. The molecule has 1 aliphatic carbocycles. The van der Waals surface area contributed by atoms with Gasteiger partial charge in [-0.25, -0.2) is 0 Å². The van der Waals surface area contributed by atoms with Crippen molar-refractivity contribution in [2.24, 2.45) is 5.92 Å². The van der Waals surface area contributed by atoms with Crippen LogP contribution in [0.4, 0.5) is 5.69 Å². The summed E-state index contributed by atoms with van der Waals surface area (Å²) in [5.41, 5.74) is 0.125. The van der Waals surface area contributed by atoms with Crippen LogP contribution in [0.2, 0.25) is 5.02 Å². The molecule has 106 valence electrons. The maximum Gasteiger partial charge on any atom is 0.307 e. The Morgan fingerprint density at radius 3 is 2.55 bits per heavy atom. The number of carbonyl (C=O) groups is 2. The number of rotatable bonds is 2. The lowest BCUT2D eigenvalue weighted by Crippen LogP contribution is -2.39. The number of halogens is 1. The smallest absolute Gasteiger partial charge is 0.307 e. The van der Waals surface area contributed by atoms with Gasteiger partial charge in [0.05, 0.1) is 12.3 Å². The molecule has 1 atom stereocenters. The predicted molar refractivity (Wildman–Crippen MR) is 75.5 cm³/mol.